The van der Waals surface area contributed by atoms with Crippen molar-refractivity contribution in [1.82, 2.24) is 15.1 Å². The lowest BCUT2D eigenvalue weighted by Gasteiger charge is -2.32. The Morgan fingerprint density at radius 1 is 0.781 bits per heavy atom. The van der Waals surface area contributed by atoms with Crippen LogP contribution in [0.4, 0.5) is 4.39 Å². The molecule has 0 radical (unpaired) electrons. The van der Waals surface area contributed by atoms with Crippen molar-refractivity contribution < 1.29 is 9.18 Å². The van der Waals surface area contributed by atoms with E-state index in [0.29, 0.717) is 6.54 Å². The molecule has 2 fully saturated rings. The molecule has 0 bridgehead atoms. The topological polar surface area (TPSA) is 35.6 Å². The molecule has 0 aromatic heterocycles. The van der Waals surface area contributed by atoms with E-state index in [2.05, 4.69) is 39.4 Å². The Morgan fingerprint density at radius 2 is 1.34 bits per heavy atom. The summed E-state index contributed by atoms with van der Waals surface area (Å²) in [5.74, 6) is -0.0476. The van der Waals surface area contributed by atoms with Gasteiger partial charge in [-0.2, -0.15) is 0 Å². The summed E-state index contributed by atoms with van der Waals surface area (Å²) in [7, 11) is 0. The van der Waals surface area contributed by atoms with Gasteiger partial charge in [0, 0.05) is 26.2 Å². The van der Waals surface area contributed by atoms with Crippen molar-refractivity contribution >= 4 is 5.91 Å². The van der Waals surface area contributed by atoms with Gasteiger partial charge >= 0.3 is 0 Å². The molecule has 1 amide bonds. The van der Waals surface area contributed by atoms with Crippen molar-refractivity contribution in [1.29, 1.82) is 0 Å². The molecule has 4 nitrogen and oxygen atoms in total. The largest absolute Gasteiger partial charge is 0.352 e. The maximum absolute atomic E-state index is 13.1. The first-order valence-corrected chi connectivity index (χ1v) is 12.2. The number of hydrogen-bond donors (Lipinski definition) is 1. The van der Waals surface area contributed by atoms with Crippen molar-refractivity contribution in [2.45, 2.75) is 58.2 Å². The molecule has 2 heterocycles. The van der Waals surface area contributed by atoms with Crippen molar-refractivity contribution in [2.24, 2.45) is 5.92 Å². The molecule has 2 aromatic carbocycles. The highest BCUT2D eigenvalue weighted by Crippen LogP contribution is 2.19. The van der Waals surface area contributed by atoms with Gasteiger partial charge in [-0.25, -0.2) is 4.39 Å². The molecular formula is C27H36FN3O. The number of nitrogens with one attached hydrogen (secondary N) is 1. The van der Waals surface area contributed by atoms with Gasteiger partial charge in [-0.15, -0.1) is 0 Å². The zero-order valence-electron chi connectivity index (χ0n) is 19.1. The third-order valence-electron chi connectivity index (χ3n) is 6.79. The second-order valence-corrected chi connectivity index (χ2v) is 9.43. The van der Waals surface area contributed by atoms with Gasteiger partial charge < -0.3 is 5.32 Å². The van der Waals surface area contributed by atoms with Gasteiger partial charge in [-0.1, -0.05) is 49.2 Å². The van der Waals surface area contributed by atoms with Crippen LogP contribution < -0.4 is 5.32 Å². The van der Waals surface area contributed by atoms with Gasteiger partial charge in [0.15, 0.2) is 0 Å². The number of carbonyl (C=O) groups excluding carboxylic acids is 1. The Balaban J connectivity index is 1.22. The minimum absolute atomic E-state index is 0.0199. The molecular weight excluding hydrogens is 401 g/mol. The molecule has 5 heteroatoms. The number of rotatable bonds is 7. The van der Waals surface area contributed by atoms with Crippen molar-refractivity contribution in [3.05, 3.63) is 71.0 Å². The van der Waals surface area contributed by atoms with E-state index >= 15 is 0 Å². The third-order valence-corrected chi connectivity index (χ3v) is 6.79. The quantitative estimate of drug-likeness (QED) is 0.680. The summed E-state index contributed by atoms with van der Waals surface area (Å²) in [4.78, 5) is 17.6. The summed E-state index contributed by atoms with van der Waals surface area (Å²) in [5.41, 5.74) is 3.59. The lowest BCUT2D eigenvalue weighted by molar-refractivity contribution is -0.126. The SMILES string of the molecule is O=C(NCc1ccc(CN2CCCCCC2)cc1)C1CCCN(Cc2ccc(F)cc2)C1. The van der Waals surface area contributed by atoms with Crippen LogP contribution in [0.1, 0.15) is 55.2 Å². The van der Waals surface area contributed by atoms with E-state index in [0.717, 1.165) is 50.1 Å². The van der Waals surface area contributed by atoms with Crippen LogP contribution in [0, 0.1) is 11.7 Å². The average molecular weight is 438 g/mol. The highest BCUT2D eigenvalue weighted by Gasteiger charge is 2.25. The van der Waals surface area contributed by atoms with Crippen LogP contribution in [-0.4, -0.2) is 41.9 Å². The standard InChI is InChI=1S/C27H36FN3O/c28-26-13-11-24(12-14-26)20-31-17-5-6-25(21-31)27(32)29-18-22-7-9-23(10-8-22)19-30-15-3-1-2-4-16-30/h7-14,25H,1-6,15-21H2,(H,29,32). The first kappa shape index (κ1) is 22.9. The number of amides is 1. The van der Waals surface area contributed by atoms with E-state index in [-0.39, 0.29) is 17.6 Å². The van der Waals surface area contributed by atoms with Gasteiger partial charge in [0.25, 0.3) is 0 Å². The fourth-order valence-corrected chi connectivity index (χ4v) is 4.91. The smallest absolute Gasteiger partial charge is 0.224 e. The van der Waals surface area contributed by atoms with E-state index in [1.165, 1.54) is 56.5 Å². The zero-order valence-corrected chi connectivity index (χ0v) is 19.1. The molecule has 2 aromatic rings. The van der Waals surface area contributed by atoms with Gasteiger partial charge in [0.2, 0.25) is 5.91 Å². The normalized spacial score (nSPS) is 20.6. The van der Waals surface area contributed by atoms with E-state index in [1.54, 1.807) is 0 Å². The molecule has 2 saturated heterocycles. The summed E-state index contributed by atoms with van der Waals surface area (Å²) in [6.07, 6.45) is 7.30. The third kappa shape index (κ3) is 6.88. The van der Waals surface area contributed by atoms with Crippen LogP contribution >= 0.6 is 0 Å². The number of likely N-dealkylation sites (tertiary alicyclic amines) is 2. The molecule has 0 aliphatic carbocycles. The maximum atomic E-state index is 13.1. The second-order valence-electron chi connectivity index (χ2n) is 9.43. The number of carbonyl (C=O) groups is 1. The van der Waals surface area contributed by atoms with E-state index in [1.807, 2.05) is 12.1 Å². The molecule has 1 unspecified atom stereocenters. The Hall–Kier alpha value is -2.24. The molecule has 4 rings (SSSR count). The maximum Gasteiger partial charge on any atom is 0.224 e. The lowest BCUT2D eigenvalue weighted by Crippen LogP contribution is -2.42. The summed E-state index contributed by atoms with van der Waals surface area (Å²) in [6.45, 7) is 6.53. The summed E-state index contributed by atoms with van der Waals surface area (Å²) in [6, 6.07) is 15.4. The first-order valence-electron chi connectivity index (χ1n) is 12.2. The molecule has 32 heavy (non-hydrogen) atoms. The van der Waals surface area contributed by atoms with Crippen molar-refractivity contribution in [3.63, 3.8) is 0 Å². The molecule has 0 spiro atoms. The van der Waals surface area contributed by atoms with Gasteiger partial charge in [-0.3, -0.25) is 14.6 Å². The van der Waals surface area contributed by atoms with Crippen LogP contribution in [0.2, 0.25) is 0 Å². The number of benzene rings is 2. The van der Waals surface area contributed by atoms with Crippen LogP contribution in [0.25, 0.3) is 0 Å². The van der Waals surface area contributed by atoms with Gasteiger partial charge in [-0.05, 0) is 74.1 Å². The molecule has 2 aliphatic rings. The van der Waals surface area contributed by atoms with Crippen LogP contribution in [0.5, 0.6) is 0 Å². The van der Waals surface area contributed by atoms with Crippen LogP contribution in [-0.2, 0) is 24.4 Å². The number of hydrogen-bond acceptors (Lipinski definition) is 3. The molecule has 172 valence electrons. The average Bonchev–Trinajstić information content (AvgIpc) is 3.09. The van der Waals surface area contributed by atoms with E-state index in [4.69, 9.17) is 0 Å². The van der Waals surface area contributed by atoms with Crippen molar-refractivity contribution in [3.8, 4) is 0 Å². The zero-order chi connectivity index (χ0) is 22.2. The lowest BCUT2D eigenvalue weighted by atomic mass is 9.96. The van der Waals surface area contributed by atoms with Gasteiger partial charge in [0.1, 0.15) is 5.82 Å². The highest BCUT2D eigenvalue weighted by molar-refractivity contribution is 5.79. The Labute approximate surface area is 191 Å². The monoisotopic (exact) mass is 437 g/mol. The van der Waals surface area contributed by atoms with Gasteiger partial charge in [0.05, 0.1) is 5.92 Å². The van der Waals surface area contributed by atoms with E-state index in [9.17, 15) is 9.18 Å². The summed E-state index contributed by atoms with van der Waals surface area (Å²) >= 11 is 0. The predicted molar refractivity (Wildman–Crippen MR) is 126 cm³/mol. The first-order chi connectivity index (χ1) is 15.7. The fraction of sp³-hybridized carbons (Fsp3) is 0.519. The minimum atomic E-state index is -0.209. The van der Waals surface area contributed by atoms with Crippen LogP contribution in [0.15, 0.2) is 48.5 Å². The predicted octanol–water partition coefficient (Wildman–Crippen LogP) is 4.73. The molecule has 1 N–H and O–H groups in total. The van der Waals surface area contributed by atoms with E-state index < -0.39 is 0 Å². The van der Waals surface area contributed by atoms with Crippen molar-refractivity contribution in [2.75, 3.05) is 26.2 Å². The number of piperidine rings is 1. The Kier molecular flexibility index (Phi) is 8.30. The second kappa shape index (κ2) is 11.6. The fourth-order valence-electron chi connectivity index (χ4n) is 4.91. The molecule has 1 atom stereocenters. The molecule has 2 aliphatic heterocycles. The Morgan fingerprint density at radius 3 is 2.03 bits per heavy atom. The molecule has 0 saturated carbocycles. The highest BCUT2D eigenvalue weighted by atomic mass is 19.1. The van der Waals surface area contributed by atoms with Crippen LogP contribution in [0.3, 0.4) is 0 Å². The summed E-state index contributed by atoms with van der Waals surface area (Å²) in [5, 5.41) is 3.14. The summed E-state index contributed by atoms with van der Waals surface area (Å²) < 4.78 is 13.1. The Bertz CT molecular complexity index is 844. The minimum Gasteiger partial charge on any atom is -0.352 e. The number of halogens is 1. The number of nitrogens with zero attached hydrogens (tertiary/aromatic N) is 2.